The normalized spacial score (nSPS) is 14.2. The highest BCUT2D eigenvalue weighted by Gasteiger charge is 2.22. The SMILES string of the molecule is Cc1cc(C)n(CC(=O)N2CCc3nc(-c4ccccc4)nn3CC2)n1. The number of nitrogens with zero attached hydrogens (tertiary/aromatic N) is 6. The van der Waals surface area contributed by atoms with Gasteiger partial charge in [0.1, 0.15) is 12.4 Å². The van der Waals surface area contributed by atoms with Gasteiger partial charge in [0.15, 0.2) is 5.82 Å². The van der Waals surface area contributed by atoms with Crippen LogP contribution in [0.2, 0.25) is 0 Å². The molecule has 1 aliphatic rings. The summed E-state index contributed by atoms with van der Waals surface area (Å²) in [5.74, 6) is 1.78. The third-order valence-electron chi connectivity index (χ3n) is 4.71. The Morgan fingerprint density at radius 2 is 1.88 bits per heavy atom. The van der Waals surface area contributed by atoms with Crippen LogP contribution in [0.15, 0.2) is 36.4 Å². The van der Waals surface area contributed by atoms with Crippen LogP contribution >= 0.6 is 0 Å². The Morgan fingerprint density at radius 3 is 2.62 bits per heavy atom. The van der Waals surface area contributed by atoms with E-state index in [0.29, 0.717) is 26.1 Å². The maximum Gasteiger partial charge on any atom is 0.244 e. The molecule has 0 N–H and O–H groups in total. The van der Waals surface area contributed by atoms with E-state index >= 15 is 0 Å². The Kier molecular flexibility index (Phi) is 4.28. The van der Waals surface area contributed by atoms with Crippen molar-refractivity contribution in [2.75, 3.05) is 13.1 Å². The lowest BCUT2D eigenvalue weighted by atomic mass is 10.2. The molecule has 4 rings (SSSR count). The summed E-state index contributed by atoms with van der Waals surface area (Å²) in [5.41, 5.74) is 2.96. The van der Waals surface area contributed by atoms with Gasteiger partial charge in [0.05, 0.1) is 12.2 Å². The van der Waals surface area contributed by atoms with E-state index in [1.165, 1.54) is 0 Å². The molecule has 1 aromatic carbocycles. The first-order valence-corrected chi connectivity index (χ1v) is 8.88. The molecule has 0 radical (unpaired) electrons. The van der Waals surface area contributed by atoms with Gasteiger partial charge in [0.2, 0.25) is 5.91 Å². The molecule has 7 nitrogen and oxygen atoms in total. The number of amides is 1. The highest BCUT2D eigenvalue weighted by Crippen LogP contribution is 2.17. The summed E-state index contributed by atoms with van der Waals surface area (Å²) in [6, 6.07) is 12.0. The fourth-order valence-electron chi connectivity index (χ4n) is 3.32. The topological polar surface area (TPSA) is 68.8 Å². The molecular formula is C19H22N6O. The molecule has 0 saturated heterocycles. The second-order valence-electron chi connectivity index (χ2n) is 6.66. The minimum absolute atomic E-state index is 0.0882. The van der Waals surface area contributed by atoms with Crippen molar-refractivity contribution >= 4 is 5.91 Å². The molecule has 134 valence electrons. The van der Waals surface area contributed by atoms with Crippen LogP contribution < -0.4 is 0 Å². The van der Waals surface area contributed by atoms with Crippen molar-refractivity contribution in [1.29, 1.82) is 0 Å². The second-order valence-corrected chi connectivity index (χ2v) is 6.66. The van der Waals surface area contributed by atoms with E-state index in [4.69, 9.17) is 0 Å². The summed E-state index contributed by atoms with van der Waals surface area (Å²) in [4.78, 5) is 19.2. The summed E-state index contributed by atoms with van der Waals surface area (Å²) < 4.78 is 3.70. The molecule has 1 amide bonds. The summed E-state index contributed by atoms with van der Waals surface area (Å²) >= 11 is 0. The summed E-state index contributed by atoms with van der Waals surface area (Å²) in [6.07, 6.45) is 0.711. The van der Waals surface area contributed by atoms with Crippen LogP contribution in [0.1, 0.15) is 17.2 Å². The maximum atomic E-state index is 12.7. The zero-order valence-corrected chi connectivity index (χ0v) is 15.1. The van der Waals surface area contributed by atoms with Gasteiger partial charge >= 0.3 is 0 Å². The summed E-state index contributed by atoms with van der Waals surface area (Å²) in [5, 5.41) is 9.01. The highest BCUT2D eigenvalue weighted by molar-refractivity contribution is 5.76. The molecule has 1 aliphatic heterocycles. The van der Waals surface area contributed by atoms with Crippen molar-refractivity contribution in [2.24, 2.45) is 0 Å². The van der Waals surface area contributed by atoms with Crippen LogP contribution in [-0.2, 0) is 24.3 Å². The number of aromatic nitrogens is 5. The molecule has 0 atom stereocenters. The minimum Gasteiger partial charge on any atom is -0.339 e. The van der Waals surface area contributed by atoms with Crippen molar-refractivity contribution < 1.29 is 4.79 Å². The third-order valence-corrected chi connectivity index (χ3v) is 4.71. The Labute approximate surface area is 152 Å². The lowest BCUT2D eigenvalue weighted by Gasteiger charge is -2.20. The number of rotatable bonds is 3. The monoisotopic (exact) mass is 350 g/mol. The van der Waals surface area contributed by atoms with E-state index < -0.39 is 0 Å². The lowest BCUT2D eigenvalue weighted by Crippen LogP contribution is -2.36. The Hall–Kier alpha value is -2.96. The van der Waals surface area contributed by atoms with E-state index in [-0.39, 0.29) is 12.5 Å². The van der Waals surface area contributed by atoms with Gasteiger partial charge in [-0.25, -0.2) is 9.67 Å². The van der Waals surface area contributed by atoms with Crippen molar-refractivity contribution in [1.82, 2.24) is 29.4 Å². The van der Waals surface area contributed by atoms with Crippen LogP contribution in [0.3, 0.4) is 0 Å². The zero-order chi connectivity index (χ0) is 18.1. The molecule has 0 spiro atoms. The van der Waals surface area contributed by atoms with E-state index in [1.807, 2.05) is 59.8 Å². The van der Waals surface area contributed by atoms with Gasteiger partial charge in [-0.2, -0.15) is 10.2 Å². The molecule has 3 aromatic rings. The zero-order valence-electron chi connectivity index (χ0n) is 15.1. The molecule has 0 saturated carbocycles. The van der Waals surface area contributed by atoms with Gasteiger partial charge in [0.25, 0.3) is 0 Å². The number of carbonyl (C=O) groups is 1. The van der Waals surface area contributed by atoms with Crippen LogP contribution in [0.5, 0.6) is 0 Å². The number of carbonyl (C=O) groups excluding carboxylic acids is 1. The average molecular weight is 350 g/mol. The molecule has 26 heavy (non-hydrogen) atoms. The first-order valence-electron chi connectivity index (χ1n) is 8.88. The molecule has 0 unspecified atom stereocenters. The van der Waals surface area contributed by atoms with E-state index in [0.717, 1.165) is 28.6 Å². The van der Waals surface area contributed by atoms with Gasteiger partial charge in [0, 0.05) is 30.8 Å². The van der Waals surface area contributed by atoms with Crippen LogP contribution in [-0.4, -0.2) is 48.4 Å². The van der Waals surface area contributed by atoms with Crippen LogP contribution in [0.4, 0.5) is 0 Å². The Balaban J connectivity index is 1.44. The van der Waals surface area contributed by atoms with Crippen LogP contribution in [0, 0.1) is 13.8 Å². The number of hydrogen-bond donors (Lipinski definition) is 0. The Bertz CT molecular complexity index is 901. The van der Waals surface area contributed by atoms with Crippen molar-refractivity contribution in [3.8, 4) is 11.4 Å². The van der Waals surface area contributed by atoms with E-state index in [9.17, 15) is 4.79 Å². The Morgan fingerprint density at radius 1 is 1.08 bits per heavy atom. The standard InChI is InChI=1S/C19H22N6O/c1-14-12-15(2)25(21-14)13-18(26)23-9-8-17-20-19(22-24(17)11-10-23)16-6-4-3-5-7-16/h3-7,12H,8-11,13H2,1-2H3. The average Bonchev–Trinajstić information content (AvgIpc) is 3.12. The largest absolute Gasteiger partial charge is 0.339 e. The quantitative estimate of drug-likeness (QED) is 0.723. The molecule has 0 bridgehead atoms. The second kappa shape index (κ2) is 6.74. The molecule has 2 aromatic heterocycles. The van der Waals surface area contributed by atoms with Crippen molar-refractivity contribution in [3.05, 3.63) is 53.6 Å². The molecule has 0 fully saturated rings. The van der Waals surface area contributed by atoms with Crippen molar-refractivity contribution in [2.45, 2.75) is 33.4 Å². The summed E-state index contributed by atoms with van der Waals surface area (Å²) in [6.45, 7) is 6.16. The van der Waals surface area contributed by atoms with Crippen molar-refractivity contribution in [3.63, 3.8) is 0 Å². The first kappa shape index (κ1) is 16.5. The molecule has 3 heterocycles. The summed E-state index contributed by atoms with van der Waals surface area (Å²) in [7, 11) is 0. The van der Waals surface area contributed by atoms with Gasteiger partial charge < -0.3 is 4.90 Å². The van der Waals surface area contributed by atoms with E-state index in [2.05, 4.69) is 15.2 Å². The van der Waals surface area contributed by atoms with Gasteiger partial charge in [-0.15, -0.1) is 0 Å². The van der Waals surface area contributed by atoms with Gasteiger partial charge in [-0.05, 0) is 19.9 Å². The molecule has 7 heteroatoms. The number of benzene rings is 1. The fourth-order valence-corrected chi connectivity index (χ4v) is 3.32. The van der Waals surface area contributed by atoms with E-state index in [1.54, 1.807) is 4.68 Å². The molecule has 0 aliphatic carbocycles. The lowest BCUT2D eigenvalue weighted by molar-refractivity contribution is -0.132. The first-order chi connectivity index (χ1) is 12.6. The molecular weight excluding hydrogens is 328 g/mol. The van der Waals surface area contributed by atoms with Gasteiger partial charge in [-0.3, -0.25) is 9.48 Å². The smallest absolute Gasteiger partial charge is 0.244 e. The highest BCUT2D eigenvalue weighted by atomic mass is 16.2. The third kappa shape index (κ3) is 3.24. The van der Waals surface area contributed by atoms with Crippen LogP contribution in [0.25, 0.3) is 11.4 Å². The number of fused-ring (bicyclic) bond motifs is 1. The number of hydrogen-bond acceptors (Lipinski definition) is 4. The van der Waals surface area contributed by atoms with Gasteiger partial charge in [-0.1, -0.05) is 30.3 Å². The minimum atomic E-state index is 0.0882. The maximum absolute atomic E-state index is 12.7. The predicted octanol–water partition coefficient (Wildman–Crippen LogP) is 1.84. The fraction of sp³-hybridized carbons (Fsp3) is 0.368. The number of aryl methyl sites for hydroxylation is 2. The predicted molar refractivity (Wildman–Crippen MR) is 97.4 cm³/mol.